The minimum absolute atomic E-state index is 0.586. The number of nitriles is 1. The number of allylic oxidation sites excluding steroid dienone is 1. The highest BCUT2D eigenvalue weighted by molar-refractivity contribution is 5.45. The predicted molar refractivity (Wildman–Crippen MR) is 76.0 cm³/mol. The summed E-state index contributed by atoms with van der Waals surface area (Å²) in [7, 11) is 1.60. The van der Waals surface area contributed by atoms with Crippen LogP contribution in [-0.4, -0.2) is 13.7 Å². The van der Waals surface area contributed by atoms with Crippen LogP contribution in [0.15, 0.2) is 29.8 Å². The highest BCUT2D eigenvalue weighted by Gasteiger charge is 2.05. The fraction of sp³-hybridized carbons (Fsp3) is 0.438. The highest BCUT2D eigenvalue weighted by atomic mass is 16.5. The van der Waals surface area contributed by atoms with Gasteiger partial charge < -0.3 is 10.1 Å². The van der Waals surface area contributed by atoms with Crippen LogP contribution in [0.1, 0.15) is 36.8 Å². The molecule has 0 amide bonds. The minimum atomic E-state index is 0.586. The van der Waals surface area contributed by atoms with Crippen molar-refractivity contribution in [3.05, 3.63) is 41.0 Å². The summed E-state index contributed by atoms with van der Waals surface area (Å²) in [6, 6.07) is 7.85. The van der Waals surface area contributed by atoms with Gasteiger partial charge in [0.15, 0.2) is 0 Å². The van der Waals surface area contributed by atoms with E-state index in [-0.39, 0.29) is 0 Å². The third-order valence-electron chi connectivity index (χ3n) is 3.47. The number of hydrogen-bond donors (Lipinski definition) is 1. The molecule has 0 aromatic heterocycles. The third kappa shape index (κ3) is 3.84. The number of benzene rings is 1. The zero-order chi connectivity index (χ0) is 13.5. The van der Waals surface area contributed by atoms with E-state index >= 15 is 0 Å². The number of methoxy groups -OCH3 is 1. The van der Waals surface area contributed by atoms with Gasteiger partial charge in [0.05, 0.1) is 12.7 Å². The van der Waals surface area contributed by atoms with Gasteiger partial charge in [-0.25, -0.2) is 0 Å². The second kappa shape index (κ2) is 6.96. The van der Waals surface area contributed by atoms with Gasteiger partial charge in [-0.1, -0.05) is 17.7 Å². The normalized spacial score (nSPS) is 14.0. The SMILES string of the molecule is COc1cc(CNCCC2=CCCC2)ccc1C#N. The van der Waals surface area contributed by atoms with E-state index in [2.05, 4.69) is 17.5 Å². The van der Waals surface area contributed by atoms with Gasteiger partial charge in [-0.15, -0.1) is 0 Å². The first-order chi connectivity index (χ1) is 9.33. The van der Waals surface area contributed by atoms with Crippen molar-refractivity contribution in [2.45, 2.75) is 32.2 Å². The molecule has 100 valence electrons. The first-order valence-electron chi connectivity index (χ1n) is 6.79. The summed E-state index contributed by atoms with van der Waals surface area (Å²) in [4.78, 5) is 0. The summed E-state index contributed by atoms with van der Waals surface area (Å²) in [5.74, 6) is 0.653. The Labute approximate surface area is 114 Å². The fourth-order valence-corrected chi connectivity index (χ4v) is 2.38. The van der Waals surface area contributed by atoms with Gasteiger partial charge in [0.25, 0.3) is 0 Å². The maximum Gasteiger partial charge on any atom is 0.136 e. The molecule has 0 bridgehead atoms. The molecule has 1 aliphatic carbocycles. The van der Waals surface area contributed by atoms with Crippen LogP contribution in [-0.2, 0) is 6.54 Å². The van der Waals surface area contributed by atoms with E-state index in [9.17, 15) is 0 Å². The Bertz CT molecular complexity index is 500. The van der Waals surface area contributed by atoms with E-state index in [4.69, 9.17) is 10.00 Å². The molecular formula is C16H20N2O. The van der Waals surface area contributed by atoms with Crippen molar-refractivity contribution in [2.75, 3.05) is 13.7 Å². The average Bonchev–Trinajstić information content (AvgIpc) is 2.96. The fourth-order valence-electron chi connectivity index (χ4n) is 2.38. The molecule has 2 rings (SSSR count). The molecule has 1 aromatic carbocycles. The smallest absolute Gasteiger partial charge is 0.136 e. The molecule has 0 heterocycles. The van der Waals surface area contributed by atoms with Crippen molar-refractivity contribution in [3.8, 4) is 11.8 Å². The lowest BCUT2D eigenvalue weighted by Crippen LogP contribution is -2.15. The third-order valence-corrected chi connectivity index (χ3v) is 3.47. The van der Waals surface area contributed by atoms with Gasteiger partial charge in [-0.05, 0) is 49.9 Å². The standard InChI is InChI=1S/C16H20N2O/c1-19-16-10-14(6-7-15(16)11-17)12-18-9-8-13-4-2-3-5-13/h4,6-7,10,18H,2-3,5,8-9,12H2,1H3. The Kier molecular flexibility index (Phi) is 5.00. The molecule has 3 nitrogen and oxygen atoms in total. The lowest BCUT2D eigenvalue weighted by molar-refractivity contribution is 0.412. The average molecular weight is 256 g/mol. The maximum atomic E-state index is 8.92. The summed E-state index contributed by atoms with van der Waals surface area (Å²) >= 11 is 0. The van der Waals surface area contributed by atoms with Gasteiger partial charge in [0.1, 0.15) is 11.8 Å². The van der Waals surface area contributed by atoms with Crippen molar-refractivity contribution in [1.82, 2.24) is 5.32 Å². The van der Waals surface area contributed by atoms with E-state index in [1.807, 2.05) is 18.2 Å². The molecule has 0 aliphatic heterocycles. The molecule has 0 fully saturated rings. The molecule has 1 N–H and O–H groups in total. The molecule has 3 heteroatoms. The lowest BCUT2D eigenvalue weighted by atomic mass is 10.1. The number of ether oxygens (including phenoxy) is 1. The zero-order valence-corrected chi connectivity index (χ0v) is 11.4. The first-order valence-corrected chi connectivity index (χ1v) is 6.79. The summed E-state index contributed by atoms with van der Waals surface area (Å²) in [5, 5.41) is 12.4. The van der Waals surface area contributed by atoms with Crippen LogP contribution in [0.3, 0.4) is 0 Å². The number of nitrogens with one attached hydrogen (secondary N) is 1. The minimum Gasteiger partial charge on any atom is -0.495 e. The van der Waals surface area contributed by atoms with E-state index in [0.29, 0.717) is 11.3 Å². The van der Waals surface area contributed by atoms with Crippen LogP contribution < -0.4 is 10.1 Å². The van der Waals surface area contributed by atoms with Gasteiger partial charge in [-0.3, -0.25) is 0 Å². The Morgan fingerprint density at radius 3 is 3.00 bits per heavy atom. The van der Waals surface area contributed by atoms with Crippen LogP contribution in [0.2, 0.25) is 0 Å². The lowest BCUT2D eigenvalue weighted by Gasteiger charge is -2.08. The van der Waals surface area contributed by atoms with Crippen LogP contribution in [0, 0.1) is 11.3 Å². The Morgan fingerprint density at radius 2 is 2.32 bits per heavy atom. The topological polar surface area (TPSA) is 45.0 Å². The molecule has 1 aromatic rings. The molecule has 0 radical (unpaired) electrons. The maximum absolute atomic E-state index is 8.92. The predicted octanol–water partition coefficient (Wildman–Crippen LogP) is 3.16. The second-order valence-corrected chi connectivity index (χ2v) is 4.83. The van der Waals surface area contributed by atoms with E-state index in [0.717, 1.165) is 25.1 Å². The van der Waals surface area contributed by atoms with Crippen LogP contribution in [0.5, 0.6) is 5.75 Å². The van der Waals surface area contributed by atoms with Crippen LogP contribution in [0.4, 0.5) is 0 Å². The van der Waals surface area contributed by atoms with Crippen molar-refractivity contribution in [3.63, 3.8) is 0 Å². The van der Waals surface area contributed by atoms with Crippen LogP contribution >= 0.6 is 0 Å². The second-order valence-electron chi connectivity index (χ2n) is 4.83. The van der Waals surface area contributed by atoms with Crippen molar-refractivity contribution < 1.29 is 4.74 Å². The van der Waals surface area contributed by atoms with Crippen molar-refractivity contribution >= 4 is 0 Å². The molecule has 0 saturated carbocycles. The molecule has 0 saturated heterocycles. The summed E-state index contributed by atoms with van der Waals surface area (Å²) in [6.07, 6.45) is 7.36. The quantitative estimate of drug-likeness (QED) is 0.628. The van der Waals surface area contributed by atoms with Crippen molar-refractivity contribution in [2.24, 2.45) is 0 Å². The van der Waals surface area contributed by atoms with Gasteiger partial charge >= 0.3 is 0 Å². The Balaban J connectivity index is 1.81. The molecule has 1 aliphatic rings. The van der Waals surface area contributed by atoms with Gasteiger partial charge in [0, 0.05) is 6.54 Å². The summed E-state index contributed by atoms with van der Waals surface area (Å²) < 4.78 is 5.21. The summed E-state index contributed by atoms with van der Waals surface area (Å²) in [6.45, 7) is 1.82. The molecule has 0 unspecified atom stereocenters. The van der Waals surface area contributed by atoms with Gasteiger partial charge in [-0.2, -0.15) is 5.26 Å². The van der Waals surface area contributed by atoms with E-state index in [1.165, 1.54) is 19.3 Å². The van der Waals surface area contributed by atoms with E-state index in [1.54, 1.807) is 12.7 Å². The largest absolute Gasteiger partial charge is 0.495 e. The number of hydrogen-bond acceptors (Lipinski definition) is 3. The van der Waals surface area contributed by atoms with Gasteiger partial charge in [0.2, 0.25) is 0 Å². The Hall–Kier alpha value is -1.79. The molecular weight excluding hydrogens is 236 g/mol. The highest BCUT2D eigenvalue weighted by Crippen LogP contribution is 2.20. The van der Waals surface area contributed by atoms with Crippen LogP contribution in [0.25, 0.3) is 0 Å². The first kappa shape index (κ1) is 13.6. The van der Waals surface area contributed by atoms with E-state index < -0.39 is 0 Å². The molecule has 0 atom stereocenters. The van der Waals surface area contributed by atoms with Crippen molar-refractivity contribution in [1.29, 1.82) is 5.26 Å². The molecule has 0 spiro atoms. The Morgan fingerprint density at radius 1 is 1.42 bits per heavy atom. The summed E-state index contributed by atoms with van der Waals surface area (Å²) in [5.41, 5.74) is 3.32. The monoisotopic (exact) mass is 256 g/mol. The zero-order valence-electron chi connectivity index (χ0n) is 11.4. The number of rotatable bonds is 6. The molecule has 19 heavy (non-hydrogen) atoms. The number of nitrogens with zero attached hydrogens (tertiary/aromatic N) is 1.